The minimum Gasteiger partial charge on any atom is -0.472 e. The fourth-order valence-corrected chi connectivity index (χ4v) is 3.23. The Kier molecular flexibility index (Phi) is 5.64. The number of piperidine rings is 1. The van der Waals surface area contributed by atoms with Crippen molar-refractivity contribution in [2.24, 2.45) is 7.05 Å². The van der Waals surface area contributed by atoms with Gasteiger partial charge in [0, 0.05) is 25.9 Å². The van der Waals surface area contributed by atoms with Gasteiger partial charge in [0.05, 0.1) is 19.4 Å². The number of hydrogen-bond acceptors (Lipinski definition) is 9. The summed E-state index contributed by atoms with van der Waals surface area (Å²) >= 11 is 1.32. The molecule has 1 aliphatic heterocycles. The summed E-state index contributed by atoms with van der Waals surface area (Å²) in [5.74, 6) is 0.787. The van der Waals surface area contributed by atoms with Gasteiger partial charge in [0.25, 0.3) is 0 Å². The van der Waals surface area contributed by atoms with Crippen LogP contribution in [0.3, 0.4) is 0 Å². The first kappa shape index (κ1) is 17.4. The zero-order valence-corrected chi connectivity index (χ0v) is 14.8. The number of aromatic nitrogens is 6. The van der Waals surface area contributed by atoms with Crippen molar-refractivity contribution in [2.75, 3.05) is 26.0 Å². The molecule has 3 rings (SSSR count). The van der Waals surface area contributed by atoms with Crippen LogP contribution >= 0.6 is 11.8 Å². The third kappa shape index (κ3) is 4.56. The molecule has 134 valence electrons. The van der Waals surface area contributed by atoms with Crippen LogP contribution in [-0.4, -0.2) is 73.0 Å². The van der Waals surface area contributed by atoms with Gasteiger partial charge in [-0.3, -0.25) is 4.79 Å². The molecule has 2 aromatic heterocycles. The number of tetrazole rings is 1. The lowest BCUT2D eigenvalue weighted by molar-refractivity contribution is -0.130. The second kappa shape index (κ2) is 8.10. The Morgan fingerprint density at radius 1 is 1.48 bits per heavy atom. The van der Waals surface area contributed by atoms with E-state index in [0.717, 1.165) is 19.4 Å². The van der Waals surface area contributed by atoms with Crippen molar-refractivity contribution in [3.63, 3.8) is 0 Å². The SMILES string of the molecule is COc1nccc(OC2CCCN(C(=O)CSc3nnnn3C)C2)n1. The molecule has 0 radical (unpaired) electrons. The van der Waals surface area contributed by atoms with E-state index in [0.29, 0.717) is 23.3 Å². The molecule has 0 bridgehead atoms. The van der Waals surface area contributed by atoms with Gasteiger partial charge in [0.2, 0.25) is 16.9 Å². The lowest BCUT2D eigenvalue weighted by Gasteiger charge is -2.32. The molecule has 0 saturated carbocycles. The van der Waals surface area contributed by atoms with Gasteiger partial charge in [-0.25, -0.2) is 9.67 Å². The van der Waals surface area contributed by atoms with Crippen LogP contribution in [0.2, 0.25) is 0 Å². The highest BCUT2D eigenvalue weighted by atomic mass is 32.2. The summed E-state index contributed by atoms with van der Waals surface area (Å²) in [5.41, 5.74) is 0. The number of thioether (sulfide) groups is 1. The average molecular weight is 365 g/mol. The summed E-state index contributed by atoms with van der Waals surface area (Å²) in [5, 5.41) is 11.8. The standard InChI is InChI=1S/C14H19N7O3S/c1-20-14(17-18-19-20)25-9-12(22)21-7-3-4-10(8-21)24-11-5-6-15-13(16-11)23-2/h5-6,10H,3-4,7-9H2,1-2H3. The van der Waals surface area contributed by atoms with E-state index in [1.165, 1.54) is 18.9 Å². The predicted octanol–water partition coefficient (Wildman–Crippen LogP) is 0.171. The quantitative estimate of drug-likeness (QED) is 0.662. The Morgan fingerprint density at radius 2 is 2.36 bits per heavy atom. The molecule has 0 N–H and O–H groups in total. The molecule has 10 nitrogen and oxygen atoms in total. The van der Waals surface area contributed by atoms with Gasteiger partial charge in [-0.2, -0.15) is 4.98 Å². The predicted molar refractivity (Wildman–Crippen MR) is 88.3 cm³/mol. The van der Waals surface area contributed by atoms with Gasteiger partial charge in [-0.15, -0.1) is 5.10 Å². The maximum absolute atomic E-state index is 12.4. The third-order valence-corrected chi connectivity index (χ3v) is 4.71. The number of ether oxygens (including phenoxy) is 2. The highest BCUT2D eigenvalue weighted by molar-refractivity contribution is 7.99. The van der Waals surface area contributed by atoms with E-state index in [-0.39, 0.29) is 18.0 Å². The van der Waals surface area contributed by atoms with Crippen LogP contribution in [0.25, 0.3) is 0 Å². The molecule has 11 heteroatoms. The second-order valence-corrected chi connectivity index (χ2v) is 6.42. The molecule has 25 heavy (non-hydrogen) atoms. The Labute approximate surface area is 148 Å². The average Bonchev–Trinajstić information content (AvgIpc) is 3.05. The fraction of sp³-hybridized carbons (Fsp3) is 0.571. The van der Waals surface area contributed by atoms with Crippen LogP contribution in [0, 0.1) is 0 Å². The summed E-state index contributed by atoms with van der Waals surface area (Å²) in [4.78, 5) is 22.3. The smallest absolute Gasteiger partial charge is 0.319 e. The number of rotatable bonds is 6. The second-order valence-electron chi connectivity index (χ2n) is 5.48. The molecule has 1 fully saturated rings. The molecule has 2 aromatic rings. The van der Waals surface area contributed by atoms with Gasteiger partial charge >= 0.3 is 6.01 Å². The van der Waals surface area contributed by atoms with Gasteiger partial charge < -0.3 is 14.4 Å². The maximum Gasteiger partial charge on any atom is 0.319 e. The zero-order chi connectivity index (χ0) is 17.6. The Bertz CT molecular complexity index is 726. The van der Waals surface area contributed by atoms with E-state index in [4.69, 9.17) is 9.47 Å². The van der Waals surface area contributed by atoms with Crippen LogP contribution in [0.4, 0.5) is 0 Å². The van der Waals surface area contributed by atoms with E-state index >= 15 is 0 Å². The van der Waals surface area contributed by atoms with Gasteiger partial charge in [0.1, 0.15) is 6.10 Å². The Balaban J connectivity index is 1.53. The Hall–Kier alpha value is -2.43. The summed E-state index contributed by atoms with van der Waals surface area (Å²) in [6.45, 7) is 1.26. The first-order valence-corrected chi connectivity index (χ1v) is 8.81. The van der Waals surface area contributed by atoms with Gasteiger partial charge in [-0.05, 0) is 23.3 Å². The van der Waals surface area contributed by atoms with E-state index in [1.54, 1.807) is 24.0 Å². The monoisotopic (exact) mass is 365 g/mol. The summed E-state index contributed by atoms with van der Waals surface area (Å²) < 4.78 is 12.4. The maximum atomic E-state index is 12.4. The molecular weight excluding hydrogens is 346 g/mol. The van der Waals surface area contributed by atoms with Crippen LogP contribution in [0.5, 0.6) is 11.9 Å². The number of aryl methyl sites for hydroxylation is 1. The highest BCUT2D eigenvalue weighted by Crippen LogP contribution is 2.20. The summed E-state index contributed by atoms with van der Waals surface area (Å²) in [6.07, 6.45) is 3.24. The van der Waals surface area contributed by atoms with Crippen molar-refractivity contribution in [3.05, 3.63) is 12.3 Å². The molecule has 0 aliphatic carbocycles. The van der Waals surface area contributed by atoms with Gasteiger partial charge in [-0.1, -0.05) is 11.8 Å². The fourth-order valence-electron chi connectivity index (χ4n) is 2.48. The molecule has 1 aliphatic rings. The van der Waals surface area contributed by atoms with Crippen molar-refractivity contribution in [2.45, 2.75) is 24.1 Å². The number of amides is 1. The van der Waals surface area contributed by atoms with Crippen molar-refractivity contribution in [1.82, 2.24) is 35.1 Å². The van der Waals surface area contributed by atoms with E-state index in [2.05, 4.69) is 25.5 Å². The van der Waals surface area contributed by atoms with Crippen LogP contribution in [0.1, 0.15) is 12.8 Å². The minimum atomic E-state index is -0.0983. The number of carbonyl (C=O) groups is 1. The zero-order valence-electron chi connectivity index (χ0n) is 14.0. The molecular formula is C14H19N7O3S. The normalized spacial score (nSPS) is 17.4. The summed E-state index contributed by atoms with van der Waals surface area (Å²) in [6, 6.07) is 1.94. The molecule has 1 unspecified atom stereocenters. The summed E-state index contributed by atoms with van der Waals surface area (Å²) in [7, 11) is 3.25. The third-order valence-electron chi connectivity index (χ3n) is 3.71. The highest BCUT2D eigenvalue weighted by Gasteiger charge is 2.25. The number of carbonyl (C=O) groups excluding carboxylic acids is 1. The topological polar surface area (TPSA) is 108 Å². The molecule has 0 spiro atoms. The lowest BCUT2D eigenvalue weighted by Crippen LogP contribution is -2.45. The van der Waals surface area contributed by atoms with Crippen LogP contribution in [-0.2, 0) is 11.8 Å². The molecule has 1 saturated heterocycles. The van der Waals surface area contributed by atoms with Gasteiger partial charge in [0.15, 0.2) is 0 Å². The first-order chi connectivity index (χ1) is 12.2. The van der Waals surface area contributed by atoms with Crippen molar-refractivity contribution >= 4 is 17.7 Å². The van der Waals surface area contributed by atoms with E-state index in [9.17, 15) is 4.79 Å². The van der Waals surface area contributed by atoms with E-state index < -0.39 is 0 Å². The molecule has 1 atom stereocenters. The Morgan fingerprint density at radius 3 is 3.12 bits per heavy atom. The first-order valence-electron chi connectivity index (χ1n) is 7.82. The molecule has 1 amide bonds. The largest absolute Gasteiger partial charge is 0.472 e. The van der Waals surface area contributed by atoms with Crippen molar-refractivity contribution < 1.29 is 14.3 Å². The van der Waals surface area contributed by atoms with Crippen molar-refractivity contribution in [1.29, 1.82) is 0 Å². The lowest BCUT2D eigenvalue weighted by atomic mass is 10.1. The number of nitrogens with zero attached hydrogens (tertiary/aromatic N) is 7. The van der Waals surface area contributed by atoms with E-state index in [1.807, 2.05) is 4.90 Å². The number of hydrogen-bond donors (Lipinski definition) is 0. The van der Waals surface area contributed by atoms with Crippen molar-refractivity contribution in [3.8, 4) is 11.9 Å². The van der Waals surface area contributed by atoms with Crippen LogP contribution in [0.15, 0.2) is 17.4 Å². The number of methoxy groups -OCH3 is 1. The molecule has 3 heterocycles. The molecule has 0 aromatic carbocycles. The minimum absolute atomic E-state index is 0.0431. The number of likely N-dealkylation sites (tertiary alicyclic amines) is 1. The van der Waals surface area contributed by atoms with Crippen LogP contribution < -0.4 is 9.47 Å².